The molecule has 4 heteroatoms. The highest BCUT2D eigenvalue weighted by atomic mass is 79.9. The molecule has 1 heterocycles. The number of anilines is 1. The largest absolute Gasteiger partial charge is 0.491 e. The predicted molar refractivity (Wildman–Crippen MR) is 81.8 cm³/mol. The number of ether oxygens (including phenoxy) is 1. The van der Waals surface area contributed by atoms with Crippen molar-refractivity contribution in [3.63, 3.8) is 0 Å². The van der Waals surface area contributed by atoms with E-state index in [1.807, 2.05) is 36.4 Å². The first-order valence-corrected chi connectivity index (χ1v) is 7.22. The zero-order valence-electron chi connectivity index (χ0n) is 10.8. The van der Waals surface area contributed by atoms with E-state index in [4.69, 9.17) is 10.00 Å². The summed E-state index contributed by atoms with van der Waals surface area (Å²) in [5.41, 5.74) is 2.87. The molecule has 0 aromatic heterocycles. The lowest BCUT2D eigenvalue weighted by molar-refractivity contribution is 0.331. The maximum atomic E-state index is 9.08. The fourth-order valence-electron chi connectivity index (χ4n) is 2.37. The maximum absolute atomic E-state index is 9.08. The fourth-order valence-corrected chi connectivity index (χ4v) is 2.85. The number of nitrogens with zero attached hydrogens (tertiary/aromatic N) is 2. The minimum absolute atomic E-state index is 0.644. The van der Waals surface area contributed by atoms with Crippen LogP contribution in [0.5, 0.6) is 5.75 Å². The molecule has 1 aliphatic heterocycles. The van der Waals surface area contributed by atoms with E-state index in [1.165, 1.54) is 5.56 Å². The van der Waals surface area contributed by atoms with Crippen LogP contribution in [0.2, 0.25) is 0 Å². The van der Waals surface area contributed by atoms with Gasteiger partial charge in [-0.05, 0) is 24.3 Å². The van der Waals surface area contributed by atoms with Gasteiger partial charge in [-0.2, -0.15) is 5.26 Å². The number of halogens is 1. The minimum Gasteiger partial charge on any atom is -0.491 e. The standard InChI is InChI=1S/C16H13BrN2O/c17-14-7-12(10-18)8-15(9-14)19-5-6-20-16-4-2-1-3-13(16)11-19/h1-4,7-9H,5-6,11H2. The Morgan fingerprint density at radius 3 is 2.90 bits per heavy atom. The molecule has 0 fully saturated rings. The molecule has 0 saturated carbocycles. The third-order valence-electron chi connectivity index (χ3n) is 3.33. The van der Waals surface area contributed by atoms with Gasteiger partial charge in [-0.1, -0.05) is 34.1 Å². The second-order valence-electron chi connectivity index (χ2n) is 4.69. The summed E-state index contributed by atoms with van der Waals surface area (Å²) in [6.45, 7) is 2.24. The van der Waals surface area contributed by atoms with E-state index in [2.05, 4.69) is 33.0 Å². The second-order valence-corrected chi connectivity index (χ2v) is 5.60. The highest BCUT2D eigenvalue weighted by molar-refractivity contribution is 9.10. The number of para-hydroxylation sites is 1. The first-order chi connectivity index (χ1) is 9.76. The Morgan fingerprint density at radius 2 is 2.05 bits per heavy atom. The molecule has 3 nitrogen and oxygen atoms in total. The molecule has 20 heavy (non-hydrogen) atoms. The van der Waals surface area contributed by atoms with E-state index in [-0.39, 0.29) is 0 Å². The van der Waals surface area contributed by atoms with E-state index in [0.717, 1.165) is 29.0 Å². The van der Waals surface area contributed by atoms with Crippen LogP contribution >= 0.6 is 15.9 Å². The summed E-state index contributed by atoms with van der Waals surface area (Å²) in [7, 11) is 0. The number of benzene rings is 2. The quantitative estimate of drug-likeness (QED) is 0.800. The SMILES string of the molecule is N#Cc1cc(Br)cc(N2CCOc3ccccc3C2)c1. The summed E-state index contributed by atoms with van der Waals surface area (Å²) < 4.78 is 6.69. The van der Waals surface area contributed by atoms with E-state index in [9.17, 15) is 0 Å². The number of hydrogen-bond acceptors (Lipinski definition) is 3. The highest BCUT2D eigenvalue weighted by Crippen LogP contribution is 2.28. The molecule has 2 aromatic carbocycles. The highest BCUT2D eigenvalue weighted by Gasteiger charge is 2.16. The van der Waals surface area contributed by atoms with Crippen molar-refractivity contribution in [2.45, 2.75) is 6.54 Å². The summed E-state index contributed by atoms with van der Waals surface area (Å²) in [4.78, 5) is 2.23. The van der Waals surface area contributed by atoms with Crippen molar-refractivity contribution in [3.05, 3.63) is 58.1 Å². The van der Waals surface area contributed by atoms with Gasteiger partial charge in [0, 0.05) is 22.3 Å². The Kier molecular flexibility index (Phi) is 3.62. The summed E-state index contributed by atoms with van der Waals surface area (Å²) in [5, 5.41) is 9.08. The lowest BCUT2D eigenvalue weighted by Crippen LogP contribution is -2.25. The second kappa shape index (κ2) is 5.56. The van der Waals surface area contributed by atoms with Crippen molar-refractivity contribution in [2.24, 2.45) is 0 Å². The topological polar surface area (TPSA) is 36.3 Å². The van der Waals surface area contributed by atoms with Gasteiger partial charge in [0.25, 0.3) is 0 Å². The Morgan fingerprint density at radius 1 is 1.20 bits per heavy atom. The van der Waals surface area contributed by atoms with Crippen LogP contribution in [-0.2, 0) is 6.54 Å². The smallest absolute Gasteiger partial charge is 0.124 e. The van der Waals surface area contributed by atoms with Gasteiger partial charge in [0.1, 0.15) is 12.4 Å². The molecule has 1 aliphatic rings. The maximum Gasteiger partial charge on any atom is 0.124 e. The van der Waals surface area contributed by atoms with Crippen molar-refractivity contribution in [1.82, 2.24) is 0 Å². The molecular formula is C16H13BrN2O. The fraction of sp³-hybridized carbons (Fsp3) is 0.188. The van der Waals surface area contributed by atoms with Crippen LogP contribution in [0.1, 0.15) is 11.1 Å². The first kappa shape index (κ1) is 13.0. The van der Waals surface area contributed by atoms with Crippen molar-refractivity contribution >= 4 is 21.6 Å². The van der Waals surface area contributed by atoms with Crippen molar-refractivity contribution in [2.75, 3.05) is 18.1 Å². The summed E-state index contributed by atoms with van der Waals surface area (Å²) in [6.07, 6.45) is 0. The molecule has 3 rings (SSSR count). The van der Waals surface area contributed by atoms with Gasteiger partial charge in [-0.25, -0.2) is 0 Å². The van der Waals surface area contributed by atoms with Gasteiger partial charge < -0.3 is 9.64 Å². The van der Waals surface area contributed by atoms with Crippen molar-refractivity contribution in [3.8, 4) is 11.8 Å². The van der Waals surface area contributed by atoms with Crippen LogP contribution in [0.4, 0.5) is 5.69 Å². The van der Waals surface area contributed by atoms with E-state index >= 15 is 0 Å². The van der Waals surface area contributed by atoms with Crippen LogP contribution in [0.15, 0.2) is 46.9 Å². The van der Waals surface area contributed by atoms with Crippen LogP contribution in [0, 0.1) is 11.3 Å². The van der Waals surface area contributed by atoms with Gasteiger partial charge in [-0.3, -0.25) is 0 Å². The Balaban J connectivity index is 1.95. The monoisotopic (exact) mass is 328 g/mol. The van der Waals surface area contributed by atoms with Gasteiger partial charge in [0.15, 0.2) is 0 Å². The van der Waals surface area contributed by atoms with Crippen LogP contribution in [0.3, 0.4) is 0 Å². The van der Waals surface area contributed by atoms with Gasteiger partial charge in [-0.15, -0.1) is 0 Å². The number of nitriles is 1. The third-order valence-corrected chi connectivity index (χ3v) is 3.79. The average molecular weight is 329 g/mol. The van der Waals surface area contributed by atoms with Gasteiger partial charge >= 0.3 is 0 Å². The number of fused-ring (bicyclic) bond motifs is 1. The van der Waals surface area contributed by atoms with Gasteiger partial charge in [0.2, 0.25) is 0 Å². The molecule has 0 atom stereocenters. The Hall–Kier alpha value is -1.99. The van der Waals surface area contributed by atoms with E-state index in [1.54, 1.807) is 0 Å². The lowest BCUT2D eigenvalue weighted by atomic mass is 10.1. The molecule has 0 bridgehead atoms. The molecule has 2 aromatic rings. The molecule has 100 valence electrons. The van der Waals surface area contributed by atoms with Crippen LogP contribution < -0.4 is 9.64 Å². The van der Waals surface area contributed by atoms with E-state index in [0.29, 0.717) is 12.2 Å². The lowest BCUT2D eigenvalue weighted by Gasteiger charge is -2.22. The summed E-state index contributed by atoms with van der Waals surface area (Å²) in [5.74, 6) is 0.950. The minimum atomic E-state index is 0.644. The van der Waals surface area contributed by atoms with Crippen LogP contribution in [-0.4, -0.2) is 13.2 Å². The molecule has 0 amide bonds. The molecule has 0 spiro atoms. The molecule has 0 unspecified atom stereocenters. The number of rotatable bonds is 1. The van der Waals surface area contributed by atoms with Crippen molar-refractivity contribution in [1.29, 1.82) is 5.26 Å². The van der Waals surface area contributed by atoms with Crippen LogP contribution in [0.25, 0.3) is 0 Å². The average Bonchev–Trinajstić information content (AvgIpc) is 2.68. The zero-order valence-corrected chi connectivity index (χ0v) is 12.4. The summed E-state index contributed by atoms with van der Waals surface area (Å²) >= 11 is 3.46. The molecule has 0 radical (unpaired) electrons. The third kappa shape index (κ3) is 2.63. The van der Waals surface area contributed by atoms with Crippen molar-refractivity contribution < 1.29 is 4.74 Å². The molecule has 0 saturated heterocycles. The first-order valence-electron chi connectivity index (χ1n) is 6.42. The summed E-state index contributed by atoms with van der Waals surface area (Å²) in [6, 6.07) is 16.1. The van der Waals surface area contributed by atoms with Gasteiger partial charge in [0.05, 0.1) is 18.2 Å². The normalized spacial score (nSPS) is 13.9. The Labute approximate surface area is 126 Å². The number of hydrogen-bond donors (Lipinski definition) is 0. The molecular weight excluding hydrogens is 316 g/mol. The molecule has 0 aliphatic carbocycles. The zero-order chi connectivity index (χ0) is 13.9. The van der Waals surface area contributed by atoms with E-state index < -0.39 is 0 Å². The predicted octanol–water partition coefficient (Wildman–Crippen LogP) is 3.72. The Bertz CT molecular complexity index is 678. The molecule has 0 N–H and O–H groups in total.